The van der Waals surface area contributed by atoms with Gasteiger partial charge in [-0.15, -0.1) is 6.58 Å². The van der Waals surface area contributed by atoms with Gasteiger partial charge in [0.15, 0.2) is 13.1 Å². The molecule has 0 spiro atoms. The largest absolute Gasteiger partial charge is 0.321 e. The van der Waals surface area contributed by atoms with Crippen molar-refractivity contribution in [3.63, 3.8) is 0 Å². The highest BCUT2D eigenvalue weighted by atomic mass is 16.2. The normalized spacial score (nSPS) is 11.5. The number of carbonyl (C=O) groups excluding carboxylic acids is 2. The van der Waals surface area contributed by atoms with E-state index in [-0.39, 0.29) is 24.9 Å². The third-order valence-corrected chi connectivity index (χ3v) is 4.52. The zero-order valence-electron chi connectivity index (χ0n) is 16.8. The van der Waals surface area contributed by atoms with Crippen LogP contribution in [0.2, 0.25) is 0 Å². The SMILES string of the molecule is C=CCN(C(=O)C[NH+](CCC)CC(=O)Nc1ccccc1C)c1ccccc1. The highest BCUT2D eigenvalue weighted by Crippen LogP contribution is 2.13. The third-order valence-electron chi connectivity index (χ3n) is 4.52. The molecule has 0 aromatic heterocycles. The summed E-state index contributed by atoms with van der Waals surface area (Å²) < 4.78 is 0. The summed E-state index contributed by atoms with van der Waals surface area (Å²) in [5.74, 6) is -0.0984. The van der Waals surface area contributed by atoms with Crippen LogP contribution in [-0.4, -0.2) is 38.0 Å². The molecule has 0 bridgehead atoms. The zero-order valence-corrected chi connectivity index (χ0v) is 16.8. The average molecular weight is 381 g/mol. The molecule has 2 N–H and O–H groups in total. The molecule has 2 aromatic carbocycles. The smallest absolute Gasteiger partial charge is 0.282 e. The van der Waals surface area contributed by atoms with Gasteiger partial charge in [-0.25, -0.2) is 0 Å². The van der Waals surface area contributed by atoms with Crippen LogP contribution in [0.15, 0.2) is 67.3 Å². The molecule has 2 aromatic rings. The van der Waals surface area contributed by atoms with Crippen LogP contribution in [0.4, 0.5) is 11.4 Å². The highest BCUT2D eigenvalue weighted by molar-refractivity contribution is 5.95. The molecule has 0 aliphatic carbocycles. The van der Waals surface area contributed by atoms with Crippen LogP contribution in [0.3, 0.4) is 0 Å². The number of hydrogen-bond donors (Lipinski definition) is 2. The molecule has 1 atom stereocenters. The first-order valence-electron chi connectivity index (χ1n) is 9.70. The summed E-state index contributed by atoms with van der Waals surface area (Å²) in [6.45, 7) is 9.49. The summed E-state index contributed by atoms with van der Waals surface area (Å²) in [5, 5.41) is 2.96. The third kappa shape index (κ3) is 6.35. The van der Waals surface area contributed by atoms with E-state index in [4.69, 9.17) is 0 Å². The molecular formula is C23H30N3O2+. The first-order valence-corrected chi connectivity index (χ1v) is 9.70. The Bertz CT molecular complexity index is 789. The predicted molar refractivity (Wildman–Crippen MR) is 115 cm³/mol. The Morgan fingerprint density at radius 2 is 1.75 bits per heavy atom. The van der Waals surface area contributed by atoms with Gasteiger partial charge in [0, 0.05) is 17.9 Å². The van der Waals surface area contributed by atoms with Crippen LogP contribution < -0.4 is 15.1 Å². The van der Waals surface area contributed by atoms with E-state index >= 15 is 0 Å². The van der Waals surface area contributed by atoms with Gasteiger partial charge >= 0.3 is 0 Å². The molecule has 0 saturated carbocycles. The maximum Gasteiger partial charge on any atom is 0.282 e. The monoisotopic (exact) mass is 380 g/mol. The minimum Gasteiger partial charge on any atom is -0.321 e. The van der Waals surface area contributed by atoms with Gasteiger partial charge in [0.1, 0.15) is 0 Å². The number of benzene rings is 2. The quantitative estimate of drug-likeness (QED) is 0.622. The number of nitrogens with zero attached hydrogens (tertiary/aromatic N) is 1. The Labute approximate surface area is 167 Å². The summed E-state index contributed by atoms with van der Waals surface area (Å²) in [4.78, 5) is 28.1. The molecule has 0 heterocycles. The van der Waals surface area contributed by atoms with Crippen molar-refractivity contribution in [1.82, 2.24) is 0 Å². The summed E-state index contributed by atoms with van der Waals surface area (Å²) in [5.41, 5.74) is 2.67. The second-order valence-electron chi connectivity index (χ2n) is 6.85. The molecular weight excluding hydrogens is 350 g/mol. The Balaban J connectivity index is 2.03. The Morgan fingerprint density at radius 3 is 2.39 bits per heavy atom. The average Bonchev–Trinajstić information content (AvgIpc) is 2.68. The number of amides is 2. The van der Waals surface area contributed by atoms with E-state index in [0.717, 1.165) is 34.8 Å². The topological polar surface area (TPSA) is 53.9 Å². The standard InChI is InChI=1S/C23H29N3O2/c1-4-15-25(17-22(27)24-21-14-10-9-11-19(21)3)18-23(28)26(16-5-2)20-12-7-6-8-13-20/h5-14H,2,4,15-18H2,1,3H3,(H,24,27)/p+1. The number of aryl methyl sites for hydroxylation is 1. The Kier molecular flexibility index (Phi) is 8.43. The Hall–Kier alpha value is -2.92. The summed E-state index contributed by atoms with van der Waals surface area (Å²) in [7, 11) is 0. The molecule has 28 heavy (non-hydrogen) atoms. The first-order chi connectivity index (χ1) is 13.5. The molecule has 2 amide bonds. The number of anilines is 2. The van der Waals surface area contributed by atoms with Crippen LogP contribution >= 0.6 is 0 Å². The van der Waals surface area contributed by atoms with Gasteiger partial charge in [-0.3, -0.25) is 9.59 Å². The summed E-state index contributed by atoms with van der Waals surface area (Å²) >= 11 is 0. The number of quaternary nitrogens is 1. The lowest BCUT2D eigenvalue weighted by Gasteiger charge is -2.24. The van der Waals surface area contributed by atoms with Crippen LogP contribution in [0, 0.1) is 6.92 Å². The van der Waals surface area contributed by atoms with E-state index < -0.39 is 0 Å². The summed E-state index contributed by atoms with van der Waals surface area (Å²) in [6, 6.07) is 17.2. The fourth-order valence-corrected chi connectivity index (χ4v) is 3.12. The fraction of sp³-hybridized carbons (Fsp3) is 0.304. The number of hydrogen-bond acceptors (Lipinski definition) is 2. The van der Waals surface area contributed by atoms with Crippen LogP contribution in [0.1, 0.15) is 18.9 Å². The lowest BCUT2D eigenvalue weighted by molar-refractivity contribution is -0.883. The van der Waals surface area contributed by atoms with Gasteiger partial charge in [0.05, 0.1) is 6.54 Å². The molecule has 0 aliphatic rings. The van der Waals surface area contributed by atoms with E-state index in [2.05, 4.69) is 18.8 Å². The lowest BCUT2D eigenvalue weighted by Crippen LogP contribution is -3.14. The highest BCUT2D eigenvalue weighted by Gasteiger charge is 2.22. The van der Waals surface area contributed by atoms with E-state index in [1.165, 1.54) is 0 Å². The van der Waals surface area contributed by atoms with E-state index in [1.54, 1.807) is 11.0 Å². The maximum absolute atomic E-state index is 12.9. The van der Waals surface area contributed by atoms with Gasteiger partial charge in [-0.1, -0.05) is 49.4 Å². The number of carbonyl (C=O) groups is 2. The van der Waals surface area contributed by atoms with Gasteiger partial charge < -0.3 is 15.1 Å². The predicted octanol–water partition coefficient (Wildman–Crippen LogP) is 2.45. The van der Waals surface area contributed by atoms with Gasteiger partial charge in [-0.05, 0) is 37.1 Å². The molecule has 0 fully saturated rings. The van der Waals surface area contributed by atoms with Crippen molar-refractivity contribution in [2.75, 3.05) is 36.4 Å². The van der Waals surface area contributed by atoms with E-state index in [9.17, 15) is 9.59 Å². The van der Waals surface area contributed by atoms with Gasteiger partial charge in [0.2, 0.25) is 0 Å². The van der Waals surface area contributed by atoms with Gasteiger partial charge in [-0.2, -0.15) is 0 Å². The first kappa shape index (κ1) is 21.4. The number of rotatable bonds is 10. The second kappa shape index (κ2) is 11.0. The van der Waals surface area contributed by atoms with E-state index in [0.29, 0.717) is 6.54 Å². The van der Waals surface area contributed by atoms with Crippen molar-refractivity contribution < 1.29 is 14.5 Å². The lowest BCUT2D eigenvalue weighted by atomic mass is 10.2. The van der Waals surface area contributed by atoms with Gasteiger partial charge in [0.25, 0.3) is 11.8 Å². The van der Waals surface area contributed by atoms with Crippen LogP contribution in [-0.2, 0) is 9.59 Å². The minimum atomic E-state index is -0.0828. The van der Waals surface area contributed by atoms with Crippen molar-refractivity contribution in [3.8, 4) is 0 Å². The molecule has 0 aliphatic heterocycles. The molecule has 5 nitrogen and oxygen atoms in total. The molecule has 0 saturated heterocycles. The van der Waals surface area contributed by atoms with Crippen LogP contribution in [0.25, 0.3) is 0 Å². The van der Waals surface area contributed by atoms with Crippen molar-refractivity contribution in [1.29, 1.82) is 0 Å². The van der Waals surface area contributed by atoms with Crippen molar-refractivity contribution in [2.24, 2.45) is 0 Å². The molecule has 0 radical (unpaired) electrons. The van der Waals surface area contributed by atoms with E-state index in [1.807, 2.05) is 61.5 Å². The fourth-order valence-electron chi connectivity index (χ4n) is 3.12. The molecule has 2 rings (SSSR count). The van der Waals surface area contributed by atoms with Crippen molar-refractivity contribution in [3.05, 3.63) is 72.8 Å². The van der Waals surface area contributed by atoms with Crippen LogP contribution in [0.5, 0.6) is 0 Å². The van der Waals surface area contributed by atoms with Crippen molar-refractivity contribution in [2.45, 2.75) is 20.3 Å². The Morgan fingerprint density at radius 1 is 1.07 bits per heavy atom. The summed E-state index contributed by atoms with van der Waals surface area (Å²) in [6.07, 6.45) is 2.61. The maximum atomic E-state index is 12.9. The number of para-hydroxylation sites is 2. The molecule has 5 heteroatoms. The molecule has 148 valence electrons. The number of nitrogens with one attached hydrogen (secondary N) is 2. The minimum absolute atomic E-state index is 0.0155. The zero-order chi connectivity index (χ0) is 20.4. The molecule has 1 unspecified atom stereocenters. The second-order valence-corrected chi connectivity index (χ2v) is 6.85. The van der Waals surface area contributed by atoms with Crippen molar-refractivity contribution >= 4 is 23.2 Å².